The van der Waals surface area contributed by atoms with Crippen molar-refractivity contribution in [1.82, 2.24) is 4.98 Å². The minimum absolute atomic E-state index is 0.0811. The first-order valence-electron chi connectivity index (χ1n) is 9.84. The highest BCUT2D eigenvalue weighted by atomic mass is 32.2. The number of ether oxygens (including phenoxy) is 1. The van der Waals surface area contributed by atoms with Gasteiger partial charge in [-0.15, -0.1) is 11.8 Å². The van der Waals surface area contributed by atoms with Gasteiger partial charge in [0, 0.05) is 31.7 Å². The maximum absolute atomic E-state index is 13.6. The van der Waals surface area contributed by atoms with Crippen LogP contribution in [0.2, 0.25) is 0 Å². The smallest absolute Gasteiger partial charge is 0.326 e. The van der Waals surface area contributed by atoms with E-state index >= 15 is 0 Å². The van der Waals surface area contributed by atoms with Gasteiger partial charge in [-0.3, -0.25) is 9.78 Å². The number of nitrogens with zero attached hydrogens (tertiary/aromatic N) is 1. The molecule has 2 aromatic rings. The van der Waals surface area contributed by atoms with Gasteiger partial charge in [0.15, 0.2) is 14.6 Å². The number of benzene rings is 1. The molecule has 1 heterocycles. The third kappa shape index (κ3) is 5.39. The molecular weight excluding hydrogens is 402 g/mol. The Hall–Kier alpha value is -2.85. The monoisotopic (exact) mass is 429 g/mol. The first-order valence-corrected chi connectivity index (χ1v) is 11.3. The van der Waals surface area contributed by atoms with Crippen molar-refractivity contribution in [3.05, 3.63) is 54.4 Å². The molecule has 7 heteroatoms. The number of carboxylic acids is 1. The molecule has 0 saturated heterocycles. The fourth-order valence-electron chi connectivity index (χ4n) is 3.09. The predicted molar refractivity (Wildman–Crippen MR) is 115 cm³/mol. The molecule has 0 spiro atoms. The Balaban J connectivity index is 2.49. The first kappa shape index (κ1) is 23.4. The van der Waals surface area contributed by atoms with E-state index in [1.54, 1.807) is 18.3 Å². The standard InChI is InChI=1S/C23H27NO5S/c1-3-4-5-6-7-8-15-23(22(25)26,17-19-10-9-16-24-18-19)30(27,28)21-13-11-20(29-2)12-14-21/h9-14,16,18H,3-6,15,17H2,1-2H3,(H,25,26). The molecular formula is C23H27NO5S. The minimum Gasteiger partial charge on any atom is -0.497 e. The van der Waals surface area contributed by atoms with Crippen molar-refractivity contribution in [3.8, 4) is 17.6 Å². The van der Waals surface area contributed by atoms with Crippen molar-refractivity contribution in [2.45, 2.75) is 55.1 Å². The molecule has 0 amide bonds. The Morgan fingerprint density at radius 3 is 2.47 bits per heavy atom. The van der Waals surface area contributed by atoms with Gasteiger partial charge in [-0.1, -0.05) is 25.8 Å². The van der Waals surface area contributed by atoms with Gasteiger partial charge in [-0.05, 0) is 42.3 Å². The van der Waals surface area contributed by atoms with Crippen LogP contribution in [0.5, 0.6) is 5.75 Å². The summed E-state index contributed by atoms with van der Waals surface area (Å²) >= 11 is 0. The Bertz CT molecular complexity index is 991. The first-order chi connectivity index (χ1) is 14.4. The molecule has 1 aromatic heterocycles. The van der Waals surface area contributed by atoms with E-state index in [-0.39, 0.29) is 17.7 Å². The molecule has 1 N–H and O–H groups in total. The Morgan fingerprint density at radius 1 is 1.17 bits per heavy atom. The van der Waals surface area contributed by atoms with Crippen molar-refractivity contribution in [2.75, 3.05) is 7.11 Å². The lowest BCUT2D eigenvalue weighted by molar-refractivity contribution is -0.140. The van der Waals surface area contributed by atoms with E-state index in [0.717, 1.165) is 19.3 Å². The van der Waals surface area contributed by atoms with Crippen LogP contribution in [-0.2, 0) is 21.1 Å². The number of sulfone groups is 1. The van der Waals surface area contributed by atoms with Crippen LogP contribution in [0.15, 0.2) is 53.7 Å². The summed E-state index contributed by atoms with van der Waals surface area (Å²) in [6.07, 6.45) is 6.09. The molecule has 0 aliphatic rings. The minimum atomic E-state index is -4.27. The Labute approximate surface area is 178 Å². The lowest BCUT2D eigenvalue weighted by Gasteiger charge is -2.27. The zero-order valence-corrected chi connectivity index (χ0v) is 18.1. The SMILES string of the molecule is CCCCCC#CCC(Cc1cccnc1)(C(=O)O)S(=O)(=O)c1ccc(OC)cc1. The second-order valence-corrected chi connectivity index (χ2v) is 9.26. The van der Waals surface area contributed by atoms with E-state index in [1.165, 1.54) is 37.6 Å². The second-order valence-electron chi connectivity index (χ2n) is 7.00. The van der Waals surface area contributed by atoms with Crippen molar-refractivity contribution >= 4 is 15.8 Å². The van der Waals surface area contributed by atoms with Crippen LogP contribution in [0.4, 0.5) is 0 Å². The highest BCUT2D eigenvalue weighted by molar-refractivity contribution is 7.93. The normalized spacial score (nSPS) is 13.0. The number of unbranched alkanes of at least 4 members (excludes halogenated alkanes) is 3. The lowest BCUT2D eigenvalue weighted by Crippen LogP contribution is -2.48. The topological polar surface area (TPSA) is 93.6 Å². The summed E-state index contributed by atoms with van der Waals surface area (Å²) in [5.74, 6) is 4.83. The average Bonchev–Trinajstić information content (AvgIpc) is 2.75. The molecule has 0 fully saturated rings. The summed E-state index contributed by atoms with van der Waals surface area (Å²) in [6, 6.07) is 9.05. The van der Waals surface area contributed by atoms with Gasteiger partial charge in [0.25, 0.3) is 0 Å². The number of carbonyl (C=O) groups is 1. The van der Waals surface area contributed by atoms with Gasteiger partial charge in [-0.25, -0.2) is 8.42 Å². The number of aliphatic carboxylic acids is 1. The summed E-state index contributed by atoms with van der Waals surface area (Å²) < 4.78 is 30.1. The van der Waals surface area contributed by atoms with Gasteiger partial charge < -0.3 is 9.84 Å². The highest BCUT2D eigenvalue weighted by Crippen LogP contribution is 2.34. The van der Waals surface area contributed by atoms with Gasteiger partial charge in [-0.2, -0.15) is 0 Å². The number of rotatable bonds is 10. The molecule has 0 saturated carbocycles. The molecule has 2 rings (SSSR count). The van der Waals surface area contributed by atoms with Crippen LogP contribution >= 0.6 is 0 Å². The molecule has 6 nitrogen and oxygen atoms in total. The van der Waals surface area contributed by atoms with Crippen LogP contribution in [-0.4, -0.2) is 36.3 Å². The molecule has 160 valence electrons. The van der Waals surface area contributed by atoms with Crippen LogP contribution in [0.1, 0.15) is 44.6 Å². The van der Waals surface area contributed by atoms with Crippen LogP contribution in [0, 0.1) is 11.8 Å². The zero-order valence-electron chi connectivity index (χ0n) is 17.3. The van der Waals surface area contributed by atoms with E-state index in [0.29, 0.717) is 17.7 Å². The van der Waals surface area contributed by atoms with Gasteiger partial charge in [0.05, 0.1) is 12.0 Å². The molecule has 1 unspecified atom stereocenters. The highest BCUT2D eigenvalue weighted by Gasteiger charge is 2.51. The van der Waals surface area contributed by atoms with Crippen LogP contribution in [0.25, 0.3) is 0 Å². The summed E-state index contributed by atoms with van der Waals surface area (Å²) in [5.41, 5.74) is 0.518. The zero-order chi connectivity index (χ0) is 22.0. The molecule has 1 atom stereocenters. The maximum Gasteiger partial charge on any atom is 0.326 e. The second kappa shape index (κ2) is 10.8. The molecule has 0 bridgehead atoms. The number of carboxylic acid groups (broad SMARTS) is 1. The van der Waals surface area contributed by atoms with Crippen molar-refractivity contribution < 1.29 is 23.1 Å². The summed E-state index contributed by atoms with van der Waals surface area (Å²) in [6.45, 7) is 2.08. The third-order valence-corrected chi connectivity index (χ3v) is 7.28. The molecule has 30 heavy (non-hydrogen) atoms. The van der Waals surface area contributed by atoms with Crippen molar-refractivity contribution in [3.63, 3.8) is 0 Å². The number of methoxy groups -OCH3 is 1. The molecule has 0 radical (unpaired) electrons. The van der Waals surface area contributed by atoms with Crippen LogP contribution in [0.3, 0.4) is 0 Å². The Morgan fingerprint density at radius 2 is 1.90 bits per heavy atom. The summed E-state index contributed by atoms with van der Waals surface area (Å²) in [5, 5.41) is 10.1. The summed E-state index contributed by atoms with van der Waals surface area (Å²) in [7, 11) is -2.79. The Kier molecular flexibility index (Phi) is 8.43. The predicted octanol–water partition coefficient (Wildman–Crippen LogP) is 3.90. The van der Waals surface area contributed by atoms with E-state index in [2.05, 4.69) is 23.7 Å². The number of aromatic nitrogens is 1. The van der Waals surface area contributed by atoms with E-state index in [9.17, 15) is 18.3 Å². The number of hydrogen-bond acceptors (Lipinski definition) is 5. The van der Waals surface area contributed by atoms with Gasteiger partial charge >= 0.3 is 5.97 Å². The number of hydrogen-bond donors (Lipinski definition) is 1. The van der Waals surface area contributed by atoms with Crippen LogP contribution < -0.4 is 4.74 Å². The fraction of sp³-hybridized carbons (Fsp3) is 0.391. The average molecular weight is 430 g/mol. The number of pyridine rings is 1. The maximum atomic E-state index is 13.6. The van der Waals surface area contributed by atoms with Gasteiger partial charge in [0.2, 0.25) is 0 Å². The van der Waals surface area contributed by atoms with E-state index in [1.807, 2.05) is 0 Å². The third-order valence-electron chi connectivity index (χ3n) is 4.89. The van der Waals surface area contributed by atoms with Crippen molar-refractivity contribution in [1.29, 1.82) is 0 Å². The largest absolute Gasteiger partial charge is 0.497 e. The van der Waals surface area contributed by atoms with E-state index < -0.39 is 20.6 Å². The molecule has 0 aliphatic heterocycles. The summed E-state index contributed by atoms with van der Waals surface area (Å²) in [4.78, 5) is 16.4. The lowest BCUT2D eigenvalue weighted by atomic mass is 9.96. The molecule has 1 aromatic carbocycles. The van der Waals surface area contributed by atoms with E-state index in [4.69, 9.17) is 4.74 Å². The molecule has 0 aliphatic carbocycles. The quantitative estimate of drug-likeness (QED) is 0.455. The van der Waals surface area contributed by atoms with Crippen molar-refractivity contribution in [2.24, 2.45) is 0 Å². The van der Waals surface area contributed by atoms with Gasteiger partial charge in [0.1, 0.15) is 5.75 Å². The fourth-order valence-corrected chi connectivity index (χ4v) is 4.88.